The van der Waals surface area contributed by atoms with Crippen molar-refractivity contribution in [2.24, 2.45) is 12.5 Å². The van der Waals surface area contributed by atoms with Crippen LogP contribution in [0.4, 0.5) is 5.69 Å². The summed E-state index contributed by atoms with van der Waals surface area (Å²) in [7, 11) is 1.95. The zero-order valence-corrected chi connectivity index (χ0v) is 10.6. The molecule has 0 fully saturated rings. The van der Waals surface area contributed by atoms with Gasteiger partial charge in [-0.2, -0.15) is 0 Å². The Morgan fingerprint density at radius 3 is 2.71 bits per heavy atom. The summed E-state index contributed by atoms with van der Waals surface area (Å²) in [5, 5.41) is 2.90. The van der Waals surface area contributed by atoms with Crippen LogP contribution in [0.5, 0.6) is 0 Å². The number of fused-ring (bicyclic) bond motifs is 1. The number of rotatable bonds is 1. The van der Waals surface area contributed by atoms with Crippen molar-refractivity contribution in [3.05, 3.63) is 24.5 Å². The summed E-state index contributed by atoms with van der Waals surface area (Å²) in [6, 6.07) is 5.74. The fourth-order valence-electron chi connectivity index (χ4n) is 1.53. The molecule has 4 nitrogen and oxygen atoms in total. The molecule has 4 heteroatoms. The lowest BCUT2D eigenvalue weighted by Gasteiger charge is -2.17. The number of nitrogens with zero attached hydrogens (tertiary/aromatic N) is 2. The van der Waals surface area contributed by atoms with Gasteiger partial charge in [-0.1, -0.05) is 20.8 Å². The van der Waals surface area contributed by atoms with Crippen LogP contribution in [0.3, 0.4) is 0 Å². The van der Waals surface area contributed by atoms with E-state index in [2.05, 4.69) is 10.3 Å². The Morgan fingerprint density at radius 2 is 2.06 bits per heavy atom. The van der Waals surface area contributed by atoms with Crippen molar-refractivity contribution in [1.82, 2.24) is 9.55 Å². The van der Waals surface area contributed by atoms with E-state index in [1.165, 1.54) is 0 Å². The van der Waals surface area contributed by atoms with Gasteiger partial charge in [0.1, 0.15) is 0 Å². The van der Waals surface area contributed by atoms with Gasteiger partial charge in [0.15, 0.2) is 0 Å². The number of nitrogens with one attached hydrogen (secondary N) is 1. The highest BCUT2D eigenvalue weighted by Crippen LogP contribution is 2.20. The van der Waals surface area contributed by atoms with Gasteiger partial charge in [0.25, 0.3) is 0 Å². The molecule has 17 heavy (non-hydrogen) atoms. The fraction of sp³-hybridized carbons (Fsp3) is 0.385. The molecule has 0 aliphatic carbocycles. The van der Waals surface area contributed by atoms with E-state index >= 15 is 0 Å². The molecule has 2 aromatic rings. The van der Waals surface area contributed by atoms with E-state index in [0.717, 1.165) is 16.7 Å². The van der Waals surface area contributed by atoms with Crippen molar-refractivity contribution < 1.29 is 4.79 Å². The molecule has 0 unspecified atom stereocenters. The summed E-state index contributed by atoms with van der Waals surface area (Å²) >= 11 is 0. The molecule has 1 amide bonds. The molecule has 0 atom stereocenters. The van der Waals surface area contributed by atoms with Crippen LogP contribution < -0.4 is 5.32 Å². The summed E-state index contributed by atoms with van der Waals surface area (Å²) in [5.41, 5.74) is 2.34. The van der Waals surface area contributed by atoms with Gasteiger partial charge < -0.3 is 9.88 Å². The van der Waals surface area contributed by atoms with Crippen molar-refractivity contribution in [3.8, 4) is 0 Å². The quantitative estimate of drug-likeness (QED) is 0.820. The Labute approximate surface area is 101 Å². The lowest BCUT2D eigenvalue weighted by Crippen LogP contribution is -2.27. The molecule has 0 spiro atoms. The first-order chi connectivity index (χ1) is 7.88. The number of hydrogen-bond acceptors (Lipinski definition) is 2. The number of anilines is 1. The van der Waals surface area contributed by atoms with Crippen LogP contribution in [-0.4, -0.2) is 15.5 Å². The molecule has 1 N–H and O–H groups in total. The van der Waals surface area contributed by atoms with Gasteiger partial charge in [-0.05, 0) is 18.2 Å². The lowest BCUT2D eigenvalue weighted by molar-refractivity contribution is -0.123. The van der Waals surface area contributed by atoms with E-state index in [4.69, 9.17) is 0 Å². The number of carbonyl (C=O) groups excluding carboxylic acids is 1. The summed E-state index contributed by atoms with van der Waals surface area (Å²) in [6.45, 7) is 5.67. The highest BCUT2D eigenvalue weighted by Gasteiger charge is 2.21. The first-order valence-corrected chi connectivity index (χ1v) is 5.60. The number of aryl methyl sites for hydroxylation is 1. The highest BCUT2D eigenvalue weighted by atomic mass is 16.2. The van der Waals surface area contributed by atoms with Crippen molar-refractivity contribution in [2.75, 3.05) is 5.32 Å². The van der Waals surface area contributed by atoms with E-state index in [1.54, 1.807) is 6.33 Å². The molecule has 1 aromatic carbocycles. The number of aromatic nitrogens is 2. The lowest BCUT2D eigenvalue weighted by atomic mass is 9.95. The van der Waals surface area contributed by atoms with Gasteiger partial charge in [0.05, 0.1) is 17.4 Å². The minimum absolute atomic E-state index is 0.00720. The third kappa shape index (κ3) is 2.30. The van der Waals surface area contributed by atoms with Crippen molar-refractivity contribution in [1.29, 1.82) is 0 Å². The average molecular weight is 231 g/mol. The van der Waals surface area contributed by atoms with Gasteiger partial charge in [0.2, 0.25) is 5.91 Å². The summed E-state index contributed by atoms with van der Waals surface area (Å²) in [5.74, 6) is 0.00720. The van der Waals surface area contributed by atoms with Crippen LogP contribution >= 0.6 is 0 Å². The Morgan fingerprint density at radius 1 is 1.35 bits per heavy atom. The standard InChI is InChI=1S/C13H17N3O/c1-13(2,3)12(17)15-9-5-6-11-10(7-9)14-8-16(11)4/h5-8H,1-4H3,(H,15,17). The number of hydrogen-bond donors (Lipinski definition) is 1. The molecule has 2 rings (SSSR count). The molecule has 1 heterocycles. The number of benzene rings is 1. The zero-order chi connectivity index (χ0) is 12.6. The topological polar surface area (TPSA) is 46.9 Å². The zero-order valence-electron chi connectivity index (χ0n) is 10.6. The largest absolute Gasteiger partial charge is 0.334 e. The first-order valence-electron chi connectivity index (χ1n) is 5.60. The maximum Gasteiger partial charge on any atom is 0.229 e. The Balaban J connectivity index is 2.29. The second kappa shape index (κ2) is 3.87. The van der Waals surface area contributed by atoms with Crippen LogP contribution in [0.2, 0.25) is 0 Å². The average Bonchev–Trinajstić information content (AvgIpc) is 2.59. The Hall–Kier alpha value is -1.84. The third-order valence-electron chi connectivity index (χ3n) is 2.66. The smallest absolute Gasteiger partial charge is 0.229 e. The maximum atomic E-state index is 11.8. The first kappa shape index (κ1) is 11.6. The van der Waals surface area contributed by atoms with Gasteiger partial charge in [-0.25, -0.2) is 4.98 Å². The van der Waals surface area contributed by atoms with Crippen molar-refractivity contribution >= 4 is 22.6 Å². The van der Waals surface area contributed by atoms with Gasteiger partial charge >= 0.3 is 0 Å². The summed E-state index contributed by atoms with van der Waals surface area (Å²) in [4.78, 5) is 16.1. The molecule has 0 saturated heterocycles. The minimum atomic E-state index is -0.390. The third-order valence-corrected chi connectivity index (χ3v) is 2.66. The second-order valence-corrected chi connectivity index (χ2v) is 5.26. The normalized spacial score (nSPS) is 11.8. The van der Waals surface area contributed by atoms with Crippen LogP contribution in [0, 0.1) is 5.41 Å². The van der Waals surface area contributed by atoms with E-state index in [1.807, 2.05) is 50.6 Å². The van der Waals surface area contributed by atoms with Gasteiger partial charge in [-0.3, -0.25) is 4.79 Å². The van der Waals surface area contributed by atoms with Gasteiger partial charge in [0, 0.05) is 18.2 Å². The van der Waals surface area contributed by atoms with E-state index < -0.39 is 0 Å². The molecular weight excluding hydrogens is 214 g/mol. The molecule has 0 aliphatic heterocycles. The van der Waals surface area contributed by atoms with Crippen LogP contribution in [0.25, 0.3) is 11.0 Å². The molecule has 0 aliphatic rings. The molecule has 1 aromatic heterocycles. The van der Waals surface area contributed by atoms with Crippen LogP contribution in [0.15, 0.2) is 24.5 Å². The molecule has 0 bridgehead atoms. The van der Waals surface area contributed by atoms with Crippen LogP contribution in [-0.2, 0) is 11.8 Å². The summed E-state index contributed by atoms with van der Waals surface area (Å²) in [6.07, 6.45) is 1.76. The monoisotopic (exact) mass is 231 g/mol. The minimum Gasteiger partial charge on any atom is -0.334 e. The van der Waals surface area contributed by atoms with E-state index in [9.17, 15) is 4.79 Å². The number of amides is 1. The predicted octanol–water partition coefficient (Wildman–Crippen LogP) is 2.56. The second-order valence-electron chi connectivity index (χ2n) is 5.26. The number of carbonyl (C=O) groups is 1. The molecule has 90 valence electrons. The Kier molecular flexibility index (Phi) is 2.65. The molecular formula is C13H17N3O. The van der Waals surface area contributed by atoms with Crippen molar-refractivity contribution in [2.45, 2.75) is 20.8 Å². The molecule has 0 saturated carbocycles. The predicted molar refractivity (Wildman–Crippen MR) is 68.8 cm³/mol. The Bertz CT molecular complexity index is 564. The SMILES string of the molecule is Cn1cnc2cc(NC(=O)C(C)(C)C)ccc21. The highest BCUT2D eigenvalue weighted by molar-refractivity contribution is 5.96. The van der Waals surface area contributed by atoms with Crippen molar-refractivity contribution in [3.63, 3.8) is 0 Å². The fourth-order valence-corrected chi connectivity index (χ4v) is 1.53. The maximum absolute atomic E-state index is 11.8. The van der Waals surface area contributed by atoms with E-state index in [0.29, 0.717) is 0 Å². The molecule has 0 radical (unpaired) electrons. The number of imidazole rings is 1. The van der Waals surface area contributed by atoms with Crippen LogP contribution in [0.1, 0.15) is 20.8 Å². The summed E-state index contributed by atoms with van der Waals surface area (Å²) < 4.78 is 1.95. The van der Waals surface area contributed by atoms with Gasteiger partial charge in [-0.15, -0.1) is 0 Å². The van der Waals surface area contributed by atoms with E-state index in [-0.39, 0.29) is 11.3 Å².